The Balaban J connectivity index is 1.75. The Morgan fingerprint density at radius 1 is 1.05 bits per heavy atom. The van der Waals surface area contributed by atoms with Gasteiger partial charge in [0.2, 0.25) is 17.7 Å². The Labute approximate surface area is 241 Å². The maximum Gasteiger partial charge on any atom is 0.246 e. The summed E-state index contributed by atoms with van der Waals surface area (Å²) in [5.41, 5.74) is 7.28. The van der Waals surface area contributed by atoms with Gasteiger partial charge in [-0.05, 0) is 56.6 Å². The topological polar surface area (TPSA) is 108 Å². The highest BCUT2D eigenvalue weighted by molar-refractivity contribution is 5.90. The van der Waals surface area contributed by atoms with Crippen LogP contribution in [0.25, 0.3) is 0 Å². The molecular weight excluding hydrogens is 502 g/mol. The van der Waals surface area contributed by atoms with Crippen LogP contribution in [0.2, 0.25) is 0 Å². The Bertz CT molecular complexity index is 957. The Morgan fingerprint density at radius 2 is 1.73 bits per heavy atom. The van der Waals surface area contributed by atoms with E-state index >= 15 is 0 Å². The number of benzene rings is 1. The van der Waals surface area contributed by atoms with Crippen LogP contribution in [-0.4, -0.2) is 78.4 Å². The summed E-state index contributed by atoms with van der Waals surface area (Å²) in [5, 5.41) is 5.95. The van der Waals surface area contributed by atoms with E-state index in [0.29, 0.717) is 25.6 Å². The van der Waals surface area contributed by atoms with Crippen molar-refractivity contribution in [2.24, 2.45) is 17.1 Å². The minimum atomic E-state index is -0.654. The maximum atomic E-state index is 13.9. The zero-order valence-electron chi connectivity index (χ0n) is 25.5. The zero-order valence-corrected chi connectivity index (χ0v) is 25.5. The molecule has 40 heavy (non-hydrogen) atoms. The first-order chi connectivity index (χ1) is 19.0. The second-order valence-corrected chi connectivity index (χ2v) is 13.0. The van der Waals surface area contributed by atoms with Gasteiger partial charge in [0.15, 0.2) is 0 Å². The third kappa shape index (κ3) is 9.03. The summed E-state index contributed by atoms with van der Waals surface area (Å²) >= 11 is 0. The van der Waals surface area contributed by atoms with Crippen molar-refractivity contribution in [3.05, 3.63) is 35.9 Å². The van der Waals surface area contributed by atoms with Crippen molar-refractivity contribution in [1.29, 1.82) is 0 Å². The van der Waals surface area contributed by atoms with E-state index in [1.165, 1.54) is 24.8 Å². The average molecular weight is 556 g/mol. The van der Waals surface area contributed by atoms with Gasteiger partial charge in [-0.25, -0.2) is 0 Å². The van der Waals surface area contributed by atoms with Gasteiger partial charge in [0, 0.05) is 25.7 Å². The smallest absolute Gasteiger partial charge is 0.246 e. The predicted molar refractivity (Wildman–Crippen MR) is 161 cm³/mol. The number of rotatable bonds is 12. The maximum absolute atomic E-state index is 13.9. The first kappa shape index (κ1) is 32.1. The lowest BCUT2D eigenvalue weighted by molar-refractivity contribution is -0.142. The van der Waals surface area contributed by atoms with Crippen LogP contribution >= 0.6 is 0 Å². The molecule has 0 spiro atoms. The van der Waals surface area contributed by atoms with Crippen molar-refractivity contribution in [1.82, 2.24) is 20.4 Å². The molecule has 1 heterocycles. The van der Waals surface area contributed by atoms with Gasteiger partial charge < -0.3 is 26.2 Å². The van der Waals surface area contributed by atoms with E-state index in [9.17, 15) is 14.4 Å². The van der Waals surface area contributed by atoms with E-state index in [4.69, 9.17) is 5.73 Å². The number of hydrogen-bond donors (Lipinski definition) is 3. The van der Waals surface area contributed by atoms with Gasteiger partial charge in [-0.15, -0.1) is 0 Å². The molecule has 1 aromatic rings. The van der Waals surface area contributed by atoms with Gasteiger partial charge in [0.25, 0.3) is 0 Å². The zero-order chi connectivity index (χ0) is 29.3. The molecule has 0 radical (unpaired) electrons. The van der Waals surface area contributed by atoms with Crippen molar-refractivity contribution in [2.75, 3.05) is 26.7 Å². The molecular formula is C32H53N5O3. The third-order valence-corrected chi connectivity index (χ3v) is 8.77. The normalized spacial score (nSPS) is 20.6. The summed E-state index contributed by atoms with van der Waals surface area (Å²) in [6.07, 6.45) is 9.21. The lowest BCUT2D eigenvalue weighted by atomic mass is 9.84. The Kier molecular flexibility index (Phi) is 12.0. The molecule has 8 nitrogen and oxygen atoms in total. The van der Waals surface area contributed by atoms with Gasteiger partial charge in [0.1, 0.15) is 6.04 Å². The number of likely N-dealkylation sites (N-methyl/N-ethyl adjacent to an activating group) is 1. The SMILES string of the molecule is CN[C@@H](C)C(=O)N[C@H](C(=O)N1CCC[C@H]1CN(CCc1ccccc1)C(=O)[C@H](N)CC1CCCCC1)C(C)(C)C. The van der Waals surface area contributed by atoms with E-state index < -0.39 is 23.5 Å². The minimum absolute atomic E-state index is 0.00989. The van der Waals surface area contributed by atoms with Crippen LogP contribution in [0.5, 0.6) is 0 Å². The molecule has 4 N–H and O–H groups in total. The molecule has 4 atom stereocenters. The van der Waals surface area contributed by atoms with Gasteiger partial charge in [-0.2, -0.15) is 0 Å². The summed E-state index contributed by atoms with van der Waals surface area (Å²) in [6, 6.07) is 8.52. The average Bonchev–Trinajstić information content (AvgIpc) is 3.41. The lowest BCUT2D eigenvalue weighted by Gasteiger charge is -2.38. The number of carbonyl (C=O) groups is 3. The second-order valence-electron chi connectivity index (χ2n) is 13.0. The highest BCUT2D eigenvalue weighted by atomic mass is 16.2. The number of nitrogens with two attached hydrogens (primary N) is 1. The number of carbonyl (C=O) groups excluding carboxylic acids is 3. The molecule has 3 amide bonds. The van der Waals surface area contributed by atoms with Crippen LogP contribution in [0.15, 0.2) is 30.3 Å². The molecule has 3 rings (SSSR count). The van der Waals surface area contributed by atoms with E-state index in [2.05, 4.69) is 22.8 Å². The molecule has 224 valence electrons. The van der Waals surface area contributed by atoms with E-state index in [1.54, 1.807) is 14.0 Å². The van der Waals surface area contributed by atoms with Gasteiger partial charge in [0.05, 0.1) is 12.1 Å². The second kappa shape index (κ2) is 15.0. The highest BCUT2D eigenvalue weighted by Gasteiger charge is 2.41. The van der Waals surface area contributed by atoms with E-state index in [-0.39, 0.29) is 23.8 Å². The summed E-state index contributed by atoms with van der Waals surface area (Å²) in [7, 11) is 1.73. The first-order valence-electron chi connectivity index (χ1n) is 15.4. The molecule has 0 bridgehead atoms. The Morgan fingerprint density at radius 3 is 2.35 bits per heavy atom. The largest absolute Gasteiger partial charge is 0.342 e. The summed E-state index contributed by atoms with van der Waals surface area (Å²) in [6.45, 7) is 9.38. The minimum Gasteiger partial charge on any atom is -0.342 e. The van der Waals surface area contributed by atoms with Crippen LogP contribution in [-0.2, 0) is 20.8 Å². The third-order valence-electron chi connectivity index (χ3n) is 8.77. The molecule has 1 aliphatic heterocycles. The standard InChI is InChI=1S/C32H53N5O3/c1-23(34-5)29(38)35-28(32(2,3)4)31(40)37-19-12-17-26(37)22-36(20-18-24-13-8-6-9-14-24)30(39)27(33)21-25-15-10-7-11-16-25/h6,8-9,13-14,23,25-28,34H,7,10-12,15-22,33H2,1-5H3,(H,35,38)/t23-,26-,27+,28+/m0/s1. The van der Waals surface area contributed by atoms with Gasteiger partial charge >= 0.3 is 0 Å². The van der Waals surface area contributed by atoms with Crippen molar-refractivity contribution < 1.29 is 14.4 Å². The van der Waals surface area contributed by atoms with Crippen LogP contribution in [0.1, 0.15) is 84.6 Å². The van der Waals surface area contributed by atoms with E-state index in [0.717, 1.165) is 38.5 Å². The number of amides is 3. The lowest BCUT2D eigenvalue weighted by Crippen LogP contribution is -2.59. The summed E-state index contributed by atoms with van der Waals surface area (Å²) in [4.78, 5) is 44.3. The van der Waals surface area contributed by atoms with Crippen molar-refractivity contribution in [3.63, 3.8) is 0 Å². The van der Waals surface area contributed by atoms with Crippen LogP contribution in [0, 0.1) is 11.3 Å². The molecule has 8 heteroatoms. The van der Waals surface area contributed by atoms with Crippen molar-refractivity contribution >= 4 is 17.7 Å². The van der Waals surface area contributed by atoms with Crippen molar-refractivity contribution in [2.45, 2.75) is 110 Å². The van der Waals surface area contributed by atoms with Crippen LogP contribution in [0.3, 0.4) is 0 Å². The van der Waals surface area contributed by atoms with E-state index in [1.807, 2.05) is 48.8 Å². The number of likely N-dealkylation sites (tertiary alicyclic amines) is 1. The fourth-order valence-electron chi connectivity index (χ4n) is 6.10. The van der Waals surface area contributed by atoms with Crippen molar-refractivity contribution in [3.8, 4) is 0 Å². The molecule has 1 saturated heterocycles. The van der Waals surface area contributed by atoms with Crippen LogP contribution < -0.4 is 16.4 Å². The van der Waals surface area contributed by atoms with Gasteiger partial charge in [-0.3, -0.25) is 14.4 Å². The summed E-state index contributed by atoms with van der Waals surface area (Å²) in [5.74, 6) is 0.238. The number of hydrogen-bond acceptors (Lipinski definition) is 5. The fourth-order valence-corrected chi connectivity index (χ4v) is 6.10. The monoisotopic (exact) mass is 555 g/mol. The molecule has 2 aliphatic rings. The van der Waals surface area contributed by atoms with Gasteiger partial charge in [-0.1, -0.05) is 83.2 Å². The number of nitrogens with zero attached hydrogens (tertiary/aromatic N) is 2. The molecule has 0 aromatic heterocycles. The molecule has 0 unspecified atom stereocenters. The molecule has 1 saturated carbocycles. The first-order valence-corrected chi connectivity index (χ1v) is 15.4. The molecule has 1 aliphatic carbocycles. The van der Waals surface area contributed by atoms with Crippen LogP contribution in [0.4, 0.5) is 0 Å². The summed E-state index contributed by atoms with van der Waals surface area (Å²) < 4.78 is 0. The molecule has 1 aromatic carbocycles. The highest BCUT2D eigenvalue weighted by Crippen LogP contribution is 2.29. The Hall–Kier alpha value is -2.45. The fraction of sp³-hybridized carbons (Fsp3) is 0.719. The molecule has 2 fully saturated rings. The predicted octanol–water partition coefficient (Wildman–Crippen LogP) is 3.49. The number of nitrogens with one attached hydrogen (secondary N) is 2. The quantitative estimate of drug-likeness (QED) is 0.366.